The summed E-state index contributed by atoms with van der Waals surface area (Å²) < 4.78 is 69.1. The summed E-state index contributed by atoms with van der Waals surface area (Å²) in [5.41, 5.74) is -4.07. The zero-order valence-electron chi connectivity index (χ0n) is 24.3. The van der Waals surface area contributed by atoms with Gasteiger partial charge < -0.3 is 20.7 Å². The Morgan fingerprint density at radius 1 is 1.11 bits per heavy atom. The molecule has 3 aromatic rings. The quantitative estimate of drug-likeness (QED) is 0.232. The van der Waals surface area contributed by atoms with E-state index in [1.165, 1.54) is 25.1 Å². The van der Waals surface area contributed by atoms with Gasteiger partial charge in [0.15, 0.2) is 9.84 Å². The van der Waals surface area contributed by atoms with Crippen LogP contribution in [0.1, 0.15) is 36.5 Å². The Morgan fingerprint density at radius 3 is 2.46 bits per heavy atom. The number of aromatic amines is 1. The van der Waals surface area contributed by atoms with Crippen LogP contribution >= 0.6 is 23.2 Å². The van der Waals surface area contributed by atoms with Gasteiger partial charge in [-0.1, -0.05) is 30.1 Å². The second-order valence-corrected chi connectivity index (χ2v) is 13.8. The van der Waals surface area contributed by atoms with Gasteiger partial charge in [-0.2, -0.15) is 13.2 Å². The molecule has 1 fully saturated rings. The molecule has 0 radical (unpaired) electrons. The number of carboxylic acid groups (broad SMARTS) is 1. The minimum Gasteiger partial charge on any atom is -0.465 e. The van der Waals surface area contributed by atoms with Crippen molar-refractivity contribution in [2.24, 2.45) is 5.92 Å². The normalized spacial score (nSPS) is 16.0. The Hall–Kier alpha value is -3.60. The lowest BCUT2D eigenvalue weighted by Crippen LogP contribution is -2.44. The van der Waals surface area contributed by atoms with E-state index in [1.54, 1.807) is 4.90 Å². The van der Waals surface area contributed by atoms with E-state index in [0.29, 0.717) is 30.0 Å². The van der Waals surface area contributed by atoms with Crippen LogP contribution in [0.5, 0.6) is 0 Å². The molecule has 2 amide bonds. The van der Waals surface area contributed by atoms with Gasteiger partial charge in [-0.05, 0) is 54.8 Å². The van der Waals surface area contributed by atoms with Crippen LogP contribution < -0.4 is 21.9 Å². The number of nitrogens with zero attached hydrogens (tertiary/aromatic N) is 2. The molecule has 1 aliphatic rings. The van der Waals surface area contributed by atoms with Crippen molar-refractivity contribution in [3.8, 4) is 0 Å². The number of rotatable bonds is 10. The smallest absolute Gasteiger partial charge is 0.416 e. The summed E-state index contributed by atoms with van der Waals surface area (Å²) in [5, 5.41) is 12.5. The summed E-state index contributed by atoms with van der Waals surface area (Å²) >= 11 is 12.5. The van der Waals surface area contributed by atoms with Crippen LogP contribution in [0.25, 0.3) is 10.9 Å². The van der Waals surface area contributed by atoms with Crippen LogP contribution in [-0.4, -0.2) is 71.9 Å². The number of aromatic nitrogens is 2. The number of halogens is 5. The molecule has 0 aliphatic carbocycles. The molecule has 4 N–H and O–H groups in total. The first kappa shape index (κ1) is 35.3. The van der Waals surface area contributed by atoms with Gasteiger partial charge in [0.2, 0.25) is 5.91 Å². The van der Waals surface area contributed by atoms with Gasteiger partial charge >= 0.3 is 18.0 Å². The fourth-order valence-corrected chi connectivity index (χ4v) is 7.00. The largest absolute Gasteiger partial charge is 0.465 e. The Balaban J connectivity index is 1.71. The molecule has 1 atom stereocenters. The number of benzene rings is 2. The lowest BCUT2D eigenvalue weighted by molar-refractivity contribution is -0.138. The number of piperidine rings is 1. The average Bonchev–Trinajstić information content (AvgIpc) is 2.98. The van der Waals surface area contributed by atoms with E-state index >= 15 is 0 Å². The van der Waals surface area contributed by atoms with E-state index in [4.69, 9.17) is 28.3 Å². The van der Waals surface area contributed by atoms with Crippen molar-refractivity contribution in [2.75, 3.05) is 31.9 Å². The highest BCUT2D eigenvalue weighted by molar-refractivity contribution is 7.91. The number of amides is 2. The first-order valence-corrected chi connectivity index (χ1v) is 16.5. The van der Waals surface area contributed by atoms with Crippen LogP contribution in [-0.2, 0) is 33.9 Å². The Morgan fingerprint density at radius 2 is 1.80 bits per heavy atom. The topological polar surface area (TPSA) is 171 Å². The number of sulfone groups is 1. The van der Waals surface area contributed by atoms with Crippen molar-refractivity contribution < 1.29 is 36.3 Å². The van der Waals surface area contributed by atoms with E-state index in [0.717, 1.165) is 0 Å². The molecule has 1 saturated heterocycles. The maximum atomic E-state index is 14.4. The third-order valence-electron chi connectivity index (χ3n) is 7.65. The number of alkyl halides is 3. The first-order chi connectivity index (χ1) is 21.5. The molecule has 0 spiro atoms. The fraction of sp³-hybridized carbons (Fsp3) is 0.429. The van der Waals surface area contributed by atoms with Crippen molar-refractivity contribution >= 4 is 55.9 Å². The highest BCUT2D eigenvalue weighted by Gasteiger charge is 2.37. The molecule has 46 heavy (non-hydrogen) atoms. The number of nitrogens with one attached hydrogen (secondary N) is 3. The van der Waals surface area contributed by atoms with Crippen molar-refractivity contribution in [2.45, 2.75) is 43.9 Å². The van der Waals surface area contributed by atoms with E-state index < -0.39 is 67.4 Å². The average molecular weight is 709 g/mol. The predicted octanol–water partition coefficient (Wildman–Crippen LogP) is 3.45. The summed E-state index contributed by atoms with van der Waals surface area (Å²) in [6, 6.07) is 4.43. The summed E-state index contributed by atoms with van der Waals surface area (Å²) in [4.78, 5) is 53.7. The highest BCUT2D eigenvalue weighted by Crippen LogP contribution is 2.39. The van der Waals surface area contributed by atoms with Crippen molar-refractivity contribution in [3.05, 3.63) is 71.8 Å². The van der Waals surface area contributed by atoms with Crippen molar-refractivity contribution in [3.63, 3.8) is 0 Å². The fourth-order valence-electron chi connectivity index (χ4n) is 5.38. The van der Waals surface area contributed by atoms with Gasteiger partial charge in [-0.15, -0.1) is 0 Å². The lowest BCUT2D eigenvalue weighted by Gasteiger charge is -2.33. The van der Waals surface area contributed by atoms with Crippen LogP contribution in [0.15, 0.2) is 38.8 Å². The summed E-state index contributed by atoms with van der Waals surface area (Å²) in [5.74, 6) is -1.24. The standard InChI is InChI=1S/C28H30Cl2F3N5O7S/c1-2-46(44,45)21-6-5-17(29)10-16(21)13-38-25(40)18-11-20(28(31,32)33)19(22(30)23(18)36-26(38)41)14-37-9-3-4-15(12-37)24(39)34-7-8-35-27(42)43/h5-6,10-11,15,35H,2-4,7-9,12-14H2,1H3,(H,34,39)(H,36,41)(H,42,43)/t15-/m1/s1. The Kier molecular flexibility index (Phi) is 10.8. The van der Waals surface area contributed by atoms with Crippen molar-refractivity contribution in [1.29, 1.82) is 0 Å². The zero-order chi connectivity index (χ0) is 34.0. The maximum absolute atomic E-state index is 14.4. The molecule has 1 aliphatic heterocycles. The summed E-state index contributed by atoms with van der Waals surface area (Å²) in [7, 11) is -3.82. The summed E-state index contributed by atoms with van der Waals surface area (Å²) in [6.07, 6.45) is -5.26. The van der Waals surface area contributed by atoms with Gasteiger partial charge in [0.05, 0.1) is 44.6 Å². The molecule has 0 saturated carbocycles. The molecule has 250 valence electrons. The second-order valence-electron chi connectivity index (χ2n) is 10.7. The third kappa shape index (κ3) is 7.85. The number of H-pyrrole nitrogens is 1. The Labute approximate surface area is 270 Å². The lowest BCUT2D eigenvalue weighted by atomic mass is 9.95. The van der Waals surface area contributed by atoms with Crippen molar-refractivity contribution in [1.82, 2.24) is 25.1 Å². The van der Waals surface area contributed by atoms with Gasteiger partial charge in [0.1, 0.15) is 0 Å². The van der Waals surface area contributed by atoms with Gasteiger partial charge in [-0.3, -0.25) is 19.1 Å². The van der Waals surface area contributed by atoms with Crippen LogP contribution in [0.2, 0.25) is 10.0 Å². The summed E-state index contributed by atoms with van der Waals surface area (Å²) in [6.45, 7) is 0.916. The van der Waals surface area contributed by atoms with E-state index in [-0.39, 0.29) is 58.8 Å². The molecular formula is C28H30Cl2F3N5O7S. The SMILES string of the molecule is CCS(=O)(=O)c1ccc(Cl)cc1Cn1c(=O)[nH]c2c(Cl)c(CN3CCC[C@@H](C(=O)NCCNC(=O)O)C3)c(C(F)(F)F)cc2c1=O. The number of carbonyl (C=O) groups excluding carboxylic acids is 1. The zero-order valence-corrected chi connectivity index (χ0v) is 26.7. The Bertz CT molecular complexity index is 1900. The predicted molar refractivity (Wildman–Crippen MR) is 164 cm³/mol. The van der Waals surface area contributed by atoms with E-state index in [1.807, 2.05) is 0 Å². The molecule has 12 nitrogen and oxygen atoms in total. The van der Waals surface area contributed by atoms with Crippen LogP contribution in [0.3, 0.4) is 0 Å². The number of hydrogen-bond donors (Lipinski definition) is 4. The van der Waals surface area contributed by atoms with Crippen LogP contribution in [0.4, 0.5) is 18.0 Å². The molecule has 0 bridgehead atoms. The second kappa shape index (κ2) is 14.0. The first-order valence-electron chi connectivity index (χ1n) is 14.1. The van der Waals surface area contributed by atoms with Gasteiger partial charge in [-0.25, -0.2) is 18.0 Å². The molecular weight excluding hydrogens is 678 g/mol. The number of likely N-dealkylation sites (tertiary alicyclic amines) is 1. The minimum atomic E-state index is -4.96. The molecule has 4 rings (SSSR count). The number of hydrogen-bond acceptors (Lipinski definition) is 7. The molecule has 2 heterocycles. The van der Waals surface area contributed by atoms with E-state index in [9.17, 15) is 40.8 Å². The maximum Gasteiger partial charge on any atom is 0.416 e. The third-order valence-corrected chi connectivity index (χ3v) is 10.1. The molecule has 18 heteroatoms. The molecule has 1 aromatic heterocycles. The monoisotopic (exact) mass is 707 g/mol. The van der Waals surface area contributed by atoms with Gasteiger partial charge in [0.25, 0.3) is 5.56 Å². The highest BCUT2D eigenvalue weighted by atomic mass is 35.5. The molecule has 0 unspecified atom stereocenters. The minimum absolute atomic E-state index is 0.00176. The number of fused-ring (bicyclic) bond motifs is 1. The van der Waals surface area contributed by atoms with E-state index in [2.05, 4.69) is 15.6 Å². The number of carbonyl (C=O) groups is 2. The molecule has 2 aromatic carbocycles. The van der Waals surface area contributed by atoms with Crippen LogP contribution in [0, 0.1) is 5.92 Å². The van der Waals surface area contributed by atoms with Gasteiger partial charge in [0, 0.05) is 31.2 Å².